The van der Waals surface area contributed by atoms with Crippen LogP contribution in [0, 0.1) is 6.92 Å². The van der Waals surface area contributed by atoms with E-state index in [0.29, 0.717) is 17.6 Å². The summed E-state index contributed by atoms with van der Waals surface area (Å²) >= 11 is 0. The Bertz CT molecular complexity index is 667. The van der Waals surface area contributed by atoms with E-state index in [0.717, 1.165) is 38.4 Å². The van der Waals surface area contributed by atoms with Crippen LogP contribution in [0.25, 0.3) is 0 Å². The molecule has 1 atom stereocenters. The van der Waals surface area contributed by atoms with E-state index in [1.807, 2.05) is 14.0 Å². The standard InChI is InChI=1S/C18H25N5O/c1-14-21-17(24-22-14)9-6-11-20-18(19-2)23-12-10-16(13-23)15-7-4-3-5-8-15/h3-5,7-8,16H,6,9-13H2,1-2H3,(H,19,20). The minimum atomic E-state index is 0.589. The van der Waals surface area contributed by atoms with Crippen LogP contribution in [0.1, 0.15) is 36.0 Å². The molecule has 0 radical (unpaired) electrons. The third-order valence-corrected chi connectivity index (χ3v) is 4.39. The number of aryl methyl sites for hydroxylation is 2. The van der Waals surface area contributed by atoms with Gasteiger partial charge in [-0.25, -0.2) is 0 Å². The highest BCUT2D eigenvalue weighted by Crippen LogP contribution is 2.26. The van der Waals surface area contributed by atoms with Crippen LogP contribution in [-0.2, 0) is 6.42 Å². The third-order valence-electron chi connectivity index (χ3n) is 4.39. The maximum absolute atomic E-state index is 5.13. The van der Waals surface area contributed by atoms with Gasteiger partial charge in [-0.05, 0) is 25.3 Å². The molecule has 1 aromatic carbocycles. The van der Waals surface area contributed by atoms with Gasteiger partial charge in [0.25, 0.3) is 0 Å². The highest BCUT2D eigenvalue weighted by Gasteiger charge is 2.25. The van der Waals surface area contributed by atoms with Gasteiger partial charge in [0.1, 0.15) is 0 Å². The zero-order valence-corrected chi connectivity index (χ0v) is 14.4. The number of nitrogens with zero attached hydrogens (tertiary/aromatic N) is 4. The lowest BCUT2D eigenvalue weighted by atomic mass is 9.99. The Kier molecular flexibility index (Phi) is 5.46. The number of rotatable bonds is 5. The molecule has 2 aromatic rings. The maximum atomic E-state index is 5.13. The lowest BCUT2D eigenvalue weighted by Crippen LogP contribution is -2.40. The Morgan fingerprint density at radius 3 is 2.92 bits per heavy atom. The summed E-state index contributed by atoms with van der Waals surface area (Å²) in [4.78, 5) is 11.0. The summed E-state index contributed by atoms with van der Waals surface area (Å²) in [6.45, 7) is 4.75. The molecule has 1 N–H and O–H groups in total. The highest BCUT2D eigenvalue weighted by atomic mass is 16.5. The second-order valence-corrected chi connectivity index (χ2v) is 6.16. The predicted octanol–water partition coefficient (Wildman–Crippen LogP) is 2.38. The number of aliphatic imine (C=N–C) groups is 1. The molecule has 0 amide bonds. The van der Waals surface area contributed by atoms with Crippen LogP contribution >= 0.6 is 0 Å². The third kappa shape index (κ3) is 4.13. The molecule has 2 heterocycles. The van der Waals surface area contributed by atoms with Crippen molar-refractivity contribution in [3.63, 3.8) is 0 Å². The van der Waals surface area contributed by atoms with Gasteiger partial charge in [-0.2, -0.15) is 4.98 Å². The molecule has 0 saturated carbocycles. The highest BCUT2D eigenvalue weighted by molar-refractivity contribution is 5.80. The Morgan fingerprint density at radius 1 is 1.38 bits per heavy atom. The molecule has 3 rings (SSSR count). The van der Waals surface area contributed by atoms with Crippen LogP contribution in [0.4, 0.5) is 0 Å². The molecule has 1 aromatic heterocycles. The van der Waals surface area contributed by atoms with Gasteiger partial charge in [0, 0.05) is 39.0 Å². The van der Waals surface area contributed by atoms with E-state index in [9.17, 15) is 0 Å². The van der Waals surface area contributed by atoms with Gasteiger partial charge < -0.3 is 14.7 Å². The van der Waals surface area contributed by atoms with Gasteiger partial charge in [-0.1, -0.05) is 35.5 Å². The van der Waals surface area contributed by atoms with Crippen LogP contribution in [0.5, 0.6) is 0 Å². The summed E-state index contributed by atoms with van der Waals surface area (Å²) in [5, 5.41) is 7.25. The summed E-state index contributed by atoms with van der Waals surface area (Å²) in [5.74, 6) is 2.97. The normalized spacial score (nSPS) is 18.2. The molecule has 1 aliphatic heterocycles. The first-order chi connectivity index (χ1) is 11.8. The van der Waals surface area contributed by atoms with Crippen molar-refractivity contribution >= 4 is 5.96 Å². The zero-order valence-electron chi connectivity index (χ0n) is 14.4. The van der Waals surface area contributed by atoms with E-state index < -0.39 is 0 Å². The zero-order chi connectivity index (χ0) is 16.8. The minimum absolute atomic E-state index is 0.589. The van der Waals surface area contributed by atoms with Gasteiger partial charge in [0.2, 0.25) is 5.89 Å². The SMILES string of the molecule is CN=C(NCCCc1nc(C)no1)N1CCC(c2ccccc2)C1. The molecule has 1 aliphatic rings. The predicted molar refractivity (Wildman–Crippen MR) is 94.1 cm³/mol. The Morgan fingerprint density at radius 2 is 2.21 bits per heavy atom. The first-order valence-electron chi connectivity index (χ1n) is 8.56. The van der Waals surface area contributed by atoms with E-state index in [1.165, 1.54) is 12.0 Å². The number of hydrogen-bond acceptors (Lipinski definition) is 4. The Hall–Kier alpha value is -2.37. The van der Waals surface area contributed by atoms with Crippen LogP contribution in [0.3, 0.4) is 0 Å². The molecule has 24 heavy (non-hydrogen) atoms. The molecule has 1 unspecified atom stereocenters. The lowest BCUT2D eigenvalue weighted by Gasteiger charge is -2.21. The Labute approximate surface area is 143 Å². The van der Waals surface area contributed by atoms with Crippen molar-refractivity contribution in [2.24, 2.45) is 4.99 Å². The fourth-order valence-electron chi connectivity index (χ4n) is 3.16. The number of aromatic nitrogens is 2. The van der Waals surface area contributed by atoms with Crippen molar-refractivity contribution in [2.75, 3.05) is 26.7 Å². The minimum Gasteiger partial charge on any atom is -0.356 e. The molecule has 6 nitrogen and oxygen atoms in total. The molecule has 1 fully saturated rings. The molecular weight excluding hydrogens is 302 g/mol. The van der Waals surface area contributed by atoms with E-state index in [-0.39, 0.29) is 0 Å². The first kappa shape index (κ1) is 16.5. The summed E-state index contributed by atoms with van der Waals surface area (Å²) in [7, 11) is 1.85. The number of likely N-dealkylation sites (tertiary alicyclic amines) is 1. The smallest absolute Gasteiger partial charge is 0.226 e. The average molecular weight is 327 g/mol. The first-order valence-corrected chi connectivity index (χ1v) is 8.56. The molecule has 0 bridgehead atoms. The summed E-state index contributed by atoms with van der Waals surface area (Å²) in [5.41, 5.74) is 1.42. The van der Waals surface area contributed by atoms with E-state index in [1.54, 1.807) is 0 Å². The fraction of sp³-hybridized carbons (Fsp3) is 0.500. The molecule has 0 spiro atoms. The van der Waals surface area contributed by atoms with Crippen LogP contribution in [0.2, 0.25) is 0 Å². The van der Waals surface area contributed by atoms with Gasteiger partial charge in [-0.3, -0.25) is 4.99 Å². The van der Waals surface area contributed by atoms with Gasteiger partial charge in [0.05, 0.1) is 0 Å². The van der Waals surface area contributed by atoms with Crippen LogP contribution in [0.15, 0.2) is 39.8 Å². The summed E-state index contributed by atoms with van der Waals surface area (Å²) in [6, 6.07) is 10.7. The lowest BCUT2D eigenvalue weighted by molar-refractivity contribution is 0.371. The Balaban J connectivity index is 1.45. The molecule has 0 aliphatic carbocycles. The molecule has 128 valence electrons. The maximum Gasteiger partial charge on any atom is 0.226 e. The van der Waals surface area contributed by atoms with Crippen LogP contribution < -0.4 is 5.32 Å². The van der Waals surface area contributed by atoms with Gasteiger partial charge in [0.15, 0.2) is 11.8 Å². The van der Waals surface area contributed by atoms with Crippen molar-refractivity contribution in [1.82, 2.24) is 20.4 Å². The fourth-order valence-corrected chi connectivity index (χ4v) is 3.16. The second kappa shape index (κ2) is 7.95. The van der Waals surface area contributed by atoms with E-state index in [4.69, 9.17) is 4.52 Å². The molecular formula is C18H25N5O. The van der Waals surface area contributed by atoms with Gasteiger partial charge in [-0.15, -0.1) is 0 Å². The van der Waals surface area contributed by atoms with Crippen LogP contribution in [-0.4, -0.2) is 47.7 Å². The topological polar surface area (TPSA) is 66.5 Å². The van der Waals surface area contributed by atoms with E-state index in [2.05, 4.69) is 55.7 Å². The monoisotopic (exact) mass is 327 g/mol. The number of guanidine groups is 1. The molecule has 1 saturated heterocycles. The number of nitrogens with one attached hydrogen (secondary N) is 1. The van der Waals surface area contributed by atoms with Crippen molar-refractivity contribution in [1.29, 1.82) is 0 Å². The summed E-state index contributed by atoms with van der Waals surface area (Å²) in [6.07, 6.45) is 2.90. The number of hydrogen-bond donors (Lipinski definition) is 1. The second-order valence-electron chi connectivity index (χ2n) is 6.16. The van der Waals surface area contributed by atoms with Crippen molar-refractivity contribution in [3.05, 3.63) is 47.6 Å². The quantitative estimate of drug-likeness (QED) is 0.519. The number of benzene rings is 1. The average Bonchev–Trinajstić information content (AvgIpc) is 3.25. The largest absolute Gasteiger partial charge is 0.356 e. The van der Waals surface area contributed by atoms with Crippen molar-refractivity contribution < 1.29 is 4.52 Å². The summed E-state index contributed by atoms with van der Waals surface area (Å²) < 4.78 is 5.13. The van der Waals surface area contributed by atoms with Crippen molar-refractivity contribution in [3.8, 4) is 0 Å². The van der Waals surface area contributed by atoms with Crippen molar-refractivity contribution in [2.45, 2.75) is 32.1 Å². The molecule has 6 heteroatoms. The van der Waals surface area contributed by atoms with E-state index >= 15 is 0 Å². The van der Waals surface area contributed by atoms with Gasteiger partial charge >= 0.3 is 0 Å².